The van der Waals surface area contributed by atoms with Gasteiger partial charge in [0.15, 0.2) is 0 Å². The maximum Gasteiger partial charge on any atom is 0.266 e. The molecule has 0 saturated heterocycles. The molecule has 5 rings (SSSR count). The minimum atomic E-state index is -0.296. The van der Waals surface area contributed by atoms with Crippen LogP contribution in [0.5, 0.6) is 0 Å². The zero-order chi connectivity index (χ0) is 17.8. The van der Waals surface area contributed by atoms with Crippen LogP contribution in [-0.4, -0.2) is 16.8 Å². The third kappa shape index (κ3) is 1.93. The molecule has 0 aliphatic carbocycles. The highest BCUT2D eigenvalue weighted by atomic mass is 16.2. The molecule has 0 fully saturated rings. The first-order valence-electron chi connectivity index (χ1n) is 8.42. The number of imide groups is 1. The number of hydrogen-bond donors (Lipinski definition) is 0. The summed E-state index contributed by atoms with van der Waals surface area (Å²) in [5.74, 6) is -0.592. The lowest BCUT2D eigenvalue weighted by Crippen LogP contribution is -2.40. The van der Waals surface area contributed by atoms with Crippen LogP contribution in [0.25, 0.3) is 21.7 Å². The van der Waals surface area contributed by atoms with Gasteiger partial charge >= 0.3 is 0 Å². The van der Waals surface area contributed by atoms with Crippen LogP contribution in [0.2, 0.25) is 0 Å². The fourth-order valence-electron chi connectivity index (χ4n) is 3.72. The highest BCUT2D eigenvalue weighted by Gasteiger charge is 2.34. The molecule has 0 radical (unpaired) electrons. The van der Waals surface area contributed by atoms with Gasteiger partial charge in [-0.15, -0.1) is 0 Å². The Labute approximate surface area is 149 Å². The first-order chi connectivity index (χ1) is 12.6. The summed E-state index contributed by atoms with van der Waals surface area (Å²) in [7, 11) is 0. The Balaban J connectivity index is 1.83. The van der Waals surface area contributed by atoms with Crippen LogP contribution in [0.15, 0.2) is 66.7 Å². The van der Waals surface area contributed by atoms with E-state index in [9.17, 15) is 9.59 Å². The molecule has 124 valence electrons. The standard InChI is InChI=1S/C22H14N2O2/c1-13-12-19(15-8-2-3-11-18(15)23-13)24-21(25)16-9-4-6-14-7-5-10-17(20(14)16)22(24)26/h2-12H,1H3. The molecule has 4 aromatic rings. The Kier molecular flexibility index (Phi) is 2.97. The summed E-state index contributed by atoms with van der Waals surface area (Å²) < 4.78 is 0. The lowest BCUT2D eigenvalue weighted by atomic mass is 9.93. The summed E-state index contributed by atoms with van der Waals surface area (Å²) in [6.45, 7) is 1.86. The molecule has 0 saturated carbocycles. The number of para-hydroxylation sites is 1. The van der Waals surface area contributed by atoms with Crippen LogP contribution in [0.1, 0.15) is 26.4 Å². The number of rotatable bonds is 1. The van der Waals surface area contributed by atoms with E-state index in [1.165, 1.54) is 4.90 Å². The van der Waals surface area contributed by atoms with E-state index in [-0.39, 0.29) is 11.8 Å². The van der Waals surface area contributed by atoms with Crippen molar-refractivity contribution in [2.45, 2.75) is 6.92 Å². The van der Waals surface area contributed by atoms with Gasteiger partial charge in [0.05, 0.1) is 11.2 Å². The molecule has 0 unspecified atom stereocenters. The Hall–Kier alpha value is -3.53. The van der Waals surface area contributed by atoms with Gasteiger partial charge in [0, 0.05) is 27.6 Å². The maximum atomic E-state index is 13.3. The van der Waals surface area contributed by atoms with Crippen LogP contribution < -0.4 is 4.90 Å². The number of nitrogens with zero attached hydrogens (tertiary/aromatic N) is 2. The largest absolute Gasteiger partial charge is 0.268 e. The van der Waals surface area contributed by atoms with E-state index in [1.54, 1.807) is 18.2 Å². The van der Waals surface area contributed by atoms with E-state index >= 15 is 0 Å². The van der Waals surface area contributed by atoms with Gasteiger partial charge in [-0.1, -0.05) is 42.5 Å². The van der Waals surface area contributed by atoms with Crippen molar-refractivity contribution in [3.8, 4) is 0 Å². The summed E-state index contributed by atoms with van der Waals surface area (Å²) in [5.41, 5.74) is 3.21. The number of amides is 2. The van der Waals surface area contributed by atoms with E-state index in [2.05, 4.69) is 4.98 Å². The molecule has 0 N–H and O–H groups in total. The second kappa shape index (κ2) is 5.23. The lowest BCUT2D eigenvalue weighted by Gasteiger charge is -2.28. The first kappa shape index (κ1) is 14.8. The Morgan fingerprint density at radius 2 is 1.46 bits per heavy atom. The van der Waals surface area contributed by atoms with Gasteiger partial charge in [-0.2, -0.15) is 0 Å². The number of aryl methyl sites for hydroxylation is 1. The summed E-state index contributed by atoms with van der Waals surface area (Å²) in [6.07, 6.45) is 0. The average Bonchev–Trinajstić information content (AvgIpc) is 2.66. The highest BCUT2D eigenvalue weighted by molar-refractivity contribution is 6.37. The first-order valence-corrected chi connectivity index (χ1v) is 8.42. The fraction of sp³-hybridized carbons (Fsp3) is 0.0455. The SMILES string of the molecule is Cc1cc(N2C(=O)c3cccc4cccc(c34)C2=O)c2ccccc2n1. The Bertz CT molecular complexity index is 1190. The van der Waals surface area contributed by atoms with Crippen LogP contribution >= 0.6 is 0 Å². The van der Waals surface area contributed by atoms with Crippen LogP contribution in [0, 0.1) is 6.92 Å². The van der Waals surface area contributed by atoms with Gasteiger partial charge in [-0.25, -0.2) is 4.90 Å². The molecule has 3 aromatic carbocycles. The monoisotopic (exact) mass is 338 g/mol. The summed E-state index contributed by atoms with van der Waals surface area (Å²) in [6, 6.07) is 20.5. The van der Waals surface area contributed by atoms with E-state index in [1.807, 2.05) is 55.5 Å². The molecule has 0 bridgehead atoms. The molecule has 0 spiro atoms. The smallest absolute Gasteiger partial charge is 0.266 e. The van der Waals surface area contributed by atoms with E-state index in [0.29, 0.717) is 16.8 Å². The van der Waals surface area contributed by atoms with Gasteiger partial charge in [0.25, 0.3) is 11.8 Å². The molecule has 2 heterocycles. The Morgan fingerprint density at radius 3 is 2.15 bits per heavy atom. The number of benzene rings is 3. The second-order valence-electron chi connectivity index (χ2n) is 6.45. The number of aromatic nitrogens is 1. The van der Waals surface area contributed by atoms with Crippen molar-refractivity contribution in [2.75, 3.05) is 4.90 Å². The minimum Gasteiger partial charge on any atom is -0.268 e. The second-order valence-corrected chi connectivity index (χ2v) is 6.45. The molecule has 4 heteroatoms. The van der Waals surface area contributed by atoms with Gasteiger partial charge in [-0.3, -0.25) is 14.6 Å². The van der Waals surface area contributed by atoms with Crippen molar-refractivity contribution >= 4 is 39.2 Å². The molecule has 0 atom stereocenters. The molecular formula is C22H14N2O2. The molecule has 1 aliphatic heterocycles. The summed E-state index contributed by atoms with van der Waals surface area (Å²) in [4.78, 5) is 32.3. The van der Waals surface area contributed by atoms with Crippen LogP contribution in [0.3, 0.4) is 0 Å². The van der Waals surface area contributed by atoms with Gasteiger partial charge in [-0.05, 0) is 36.6 Å². The third-order valence-electron chi connectivity index (χ3n) is 4.84. The Morgan fingerprint density at radius 1 is 0.808 bits per heavy atom. The normalized spacial score (nSPS) is 13.7. The maximum absolute atomic E-state index is 13.3. The van der Waals surface area contributed by atoms with Crippen molar-refractivity contribution in [3.63, 3.8) is 0 Å². The predicted molar refractivity (Wildman–Crippen MR) is 102 cm³/mol. The average molecular weight is 338 g/mol. The molecule has 26 heavy (non-hydrogen) atoms. The highest BCUT2D eigenvalue weighted by Crippen LogP contribution is 2.35. The molecule has 2 amide bonds. The minimum absolute atomic E-state index is 0.296. The zero-order valence-electron chi connectivity index (χ0n) is 14.1. The van der Waals surface area contributed by atoms with Gasteiger partial charge in [0.2, 0.25) is 0 Å². The summed E-state index contributed by atoms with van der Waals surface area (Å²) in [5, 5.41) is 2.42. The number of carbonyl (C=O) groups excluding carboxylic acids is 2. The van der Waals surface area contributed by atoms with Crippen LogP contribution in [-0.2, 0) is 0 Å². The molecule has 1 aromatic heterocycles. The van der Waals surface area contributed by atoms with Crippen molar-refractivity contribution < 1.29 is 9.59 Å². The van der Waals surface area contributed by atoms with E-state index in [4.69, 9.17) is 0 Å². The molecule has 4 nitrogen and oxygen atoms in total. The lowest BCUT2D eigenvalue weighted by molar-refractivity contribution is 0.0894. The predicted octanol–water partition coefficient (Wildman–Crippen LogP) is 4.50. The van der Waals surface area contributed by atoms with Crippen LogP contribution in [0.4, 0.5) is 5.69 Å². The van der Waals surface area contributed by atoms with E-state index < -0.39 is 0 Å². The third-order valence-corrected chi connectivity index (χ3v) is 4.84. The molecular weight excluding hydrogens is 324 g/mol. The topological polar surface area (TPSA) is 50.3 Å². The molecule has 1 aliphatic rings. The number of anilines is 1. The quantitative estimate of drug-likeness (QED) is 0.480. The van der Waals surface area contributed by atoms with Crippen molar-refractivity contribution in [1.29, 1.82) is 0 Å². The number of pyridine rings is 1. The fourth-order valence-corrected chi connectivity index (χ4v) is 3.72. The van der Waals surface area contributed by atoms with Crippen molar-refractivity contribution in [3.05, 3.63) is 83.6 Å². The number of hydrogen-bond acceptors (Lipinski definition) is 3. The van der Waals surface area contributed by atoms with Crippen molar-refractivity contribution in [1.82, 2.24) is 4.98 Å². The van der Waals surface area contributed by atoms with Gasteiger partial charge < -0.3 is 0 Å². The number of fused-ring (bicyclic) bond motifs is 1. The zero-order valence-corrected chi connectivity index (χ0v) is 14.1. The summed E-state index contributed by atoms with van der Waals surface area (Å²) >= 11 is 0. The number of carbonyl (C=O) groups is 2. The van der Waals surface area contributed by atoms with Crippen molar-refractivity contribution in [2.24, 2.45) is 0 Å². The van der Waals surface area contributed by atoms with Gasteiger partial charge in [0.1, 0.15) is 0 Å². The van der Waals surface area contributed by atoms with E-state index in [0.717, 1.165) is 27.4 Å².